The summed E-state index contributed by atoms with van der Waals surface area (Å²) in [6, 6.07) is 17.3. The van der Waals surface area contributed by atoms with Gasteiger partial charge in [0.15, 0.2) is 0 Å². The molecule has 0 heterocycles. The minimum Gasteiger partial charge on any atom is -0.0929 e. The van der Waals surface area contributed by atoms with E-state index < -0.39 is 0 Å². The molecule has 15 heavy (non-hydrogen) atoms. The van der Waals surface area contributed by atoms with Crippen molar-refractivity contribution in [2.45, 2.75) is 6.92 Å². The lowest BCUT2D eigenvalue weighted by atomic mass is 10.0. The molecule has 0 aliphatic carbocycles. The second-order valence-corrected chi connectivity index (χ2v) is 4.65. The van der Waals surface area contributed by atoms with Gasteiger partial charge < -0.3 is 0 Å². The first kappa shape index (κ1) is 10.4. The van der Waals surface area contributed by atoms with E-state index in [1.165, 1.54) is 22.0 Å². The van der Waals surface area contributed by atoms with Crippen molar-refractivity contribution in [2.75, 3.05) is 6.66 Å². The van der Waals surface area contributed by atoms with Crippen LogP contribution in [-0.2, 0) is 0 Å². The SMILES string of the molecule is CPc1ccccc1-c1ccccc1C. The molecule has 0 nitrogen and oxygen atoms in total. The molecule has 1 atom stereocenters. The van der Waals surface area contributed by atoms with Crippen LogP contribution in [-0.4, -0.2) is 6.66 Å². The van der Waals surface area contributed by atoms with E-state index >= 15 is 0 Å². The summed E-state index contributed by atoms with van der Waals surface area (Å²) in [7, 11) is 0.851. The van der Waals surface area contributed by atoms with Crippen LogP contribution in [0.15, 0.2) is 48.5 Å². The van der Waals surface area contributed by atoms with Crippen LogP contribution in [0.4, 0.5) is 0 Å². The van der Waals surface area contributed by atoms with Crippen LogP contribution in [0.3, 0.4) is 0 Å². The summed E-state index contributed by atoms with van der Waals surface area (Å²) in [5, 5.41) is 1.45. The van der Waals surface area contributed by atoms with Crippen LogP contribution in [0, 0.1) is 6.92 Å². The molecule has 0 saturated heterocycles. The zero-order chi connectivity index (χ0) is 10.7. The smallest absolute Gasteiger partial charge is 0.0107 e. The lowest BCUT2D eigenvalue weighted by Gasteiger charge is -2.10. The third-order valence-electron chi connectivity index (χ3n) is 2.63. The van der Waals surface area contributed by atoms with Crippen LogP contribution in [0.1, 0.15) is 5.56 Å². The molecule has 2 aromatic rings. The lowest BCUT2D eigenvalue weighted by Crippen LogP contribution is -1.99. The summed E-state index contributed by atoms with van der Waals surface area (Å²) in [6.07, 6.45) is 0. The maximum absolute atomic E-state index is 2.23. The number of hydrogen-bond donors (Lipinski definition) is 0. The Morgan fingerprint density at radius 3 is 2.07 bits per heavy atom. The first-order valence-corrected chi connectivity index (χ1v) is 6.65. The highest BCUT2D eigenvalue weighted by Crippen LogP contribution is 2.24. The molecule has 0 fully saturated rings. The molecule has 0 radical (unpaired) electrons. The van der Waals surface area contributed by atoms with Gasteiger partial charge >= 0.3 is 0 Å². The molecule has 2 rings (SSSR count). The minimum atomic E-state index is 0.851. The highest BCUT2D eigenvalue weighted by molar-refractivity contribution is 7.46. The fourth-order valence-corrected chi connectivity index (χ4v) is 2.56. The van der Waals surface area contributed by atoms with Gasteiger partial charge in [0.05, 0.1) is 0 Å². The highest BCUT2D eigenvalue weighted by atomic mass is 31.1. The van der Waals surface area contributed by atoms with E-state index in [-0.39, 0.29) is 0 Å². The van der Waals surface area contributed by atoms with Gasteiger partial charge in [-0.25, -0.2) is 0 Å². The third kappa shape index (κ3) is 2.11. The summed E-state index contributed by atoms with van der Waals surface area (Å²) in [6.45, 7) is 4.40. The van der Waals surface area contributed by atoms with Crippen LogP contribution < -0.4 is 5.30 Å². The predicted octanol–water partition coefficient (Wildman–Crippen LogP) is 3.60. The van der Waals surface area contributed by atoms with Crippen molar-refractivity contribution in [3.05, 3.63) is 54.1 Å². The molecular formula is C14H15P. The van der Waals surface area contributed by atoms with Gasteiger partial charge in [0.2, 0.25) is 0 Å². The van der Waals surface area contributed by atoms with Crippen molar-refractivity contribution in [3.63, 3.8) is 0 Å². The normalized spacial score (nSPS) is 11.1. The summed E-state index contributed by atoms with van der Waals surface area (Å²) in [5.41, 5.74) is 4.10. The Balaban J connectivity index is 2.59. The molecule has 0 spiro atoms. The zero-order valence-electron chi connectivity index (χ0n) is 9.12. The molecule has 0 aromatic heterocycles. The molecule has 0 bridgehead atoms. The molecule has 1 unspecified atom stereocenters. The molecule has 0 aliphatic rings. The van der Waals surface area contributed by atoms with Crippen molar-refractivity contribution in [1.29, 1.82) is 0 Å². The number of aryl methyl sites for hydroxylation is 1. The monoisotopic (exact) mass is 214 g/mol. The van der Waals surface area contributed by atoms with Crippen LogP contribution in [0.5, 0.6) is 0 Å². The molecule has 0 saturated carbocycles. The van der Waals surface area contributed by atoms with Crippen molar-refractivity contribution >= 4 is 13.9 Å². The number of hydrogen-bond acceptors (Lipinski definition) is 0. The molecule has 0 amide bonds. The molecular weight excluding hydrogens is 199 g/mol. The minimum absolute atomic E-state index is 0.851. The van der Waals surface area contributed by atoms with E-state index in [1.807, 2.05) is 0 Å². The summed E-state index contributed by atoms with van der Waals surface area (Å²) < 4.78 is 0. The van der Waals surface area contributed by atoms with Crippen molar-refractivity contribution in [3.8, 4) is 11.1 Å². The van der Waals surface area contributed by atoms with Gasteiger partial charge in [-0.05, 0) is 35.6 Å². The fraction of sp³-hybridized carbons (Fsp3) is 0.143. The Labute approximate surface area is 93.1 Å². The quantitative estimate of drug-likeness (QED) is 0.670. The molecule has 2 aromatic carbocycles. The Hall–Kier alpha value is -1.13. The van der Waals surface area contributed by atoms with Crippen LogP contribution in [0.2, 0.25) is 0 Å². The van der Waals surface area contributed by atoms with E-state index in [0.29, 0.717) is 0 Å². The van der Waals surface area contributed by atoms with Crippen molar-refractivity contribution < 1.29 is 0 Å². The van der Waals surface area contributed by atoms with Gasteiger partial charge in [0.25, 0.3) is 0 Å². The lowest BCUT2D eigenvalue weighted by molar-refractivity contribution is 1.47. The molecule has 76 valence electrons. The van der Waals surface area contributed by atoms with Gasteiger partial charge in [0, 0.05) is 0 Å². The number of benzene rings is 2. The van der Waals surface area contributed by atoms with E-state index in [1.54, 1.807) is 0 Å². The average molecular weight is 214 g/mol. The van der Waals surface area contributed by atoms with Crippen LogP contribution in [0.25, 0.3) is 11.1 Å². The standard InChI is InChI=1S/C14H15P/c1-11-7-3-4-8-12(11)13-9-5-6-10-14(13)15-2/h3-10,15H,1-2H3. The maximum atomic E-state index is 2.23. The maximum Gasteiger partial charge on any atom is -0.0107 e. The second kappa shape index (κ2) is 4.59. The third-order valence-corrected chi connectivity index (χ3v) is 3.61. The van der Waals surface area contributed by atoms with E-state index in [2.05, 4.69) is 62.1 Å². The Morgan fingerprint density at radius 1 is 0.800 bits per heavy atom. The largest absolute Gasteiger partial charge is 0.0929 e. The van der Waals surface area contributed by atoms with Gasteiger partial charge in [-0.3, -0.25) is 0 Å². The first-order chi connectivity index (χ1) is 7.33. The van der Waals surface area contributed by atoms with Gasteiger partial charge in [-0.15, -0.1) is 0 Å². The molecule has 1 heteroatoms. The highest BCUT2D eigenvalue weighted by Gasteiger charge is 2.04. The van der Waals surface area contributed by atoms with E-state index in [4.69, 9.17) is 0 Å². The predicted molar refractivity (Wildman–Crippen MR) is 70.5 cm³/mol. The molecule has 0 N–H and O–H groups in total. The Kier molecular flexibility index (Phi) is 3.18. The fourth-order valence-electron chi connectivity index (χ4n) is 1.81. The Morgan fingerprint density at radius 2 is 1.40 bits per heavy atom. The average Bonchev–Trinajstić information content (AvgIpc) is 2.30. The van der Waals surface area contributed by atoms with Gasteiger partial charge in [-0.1, -0.05) is 57.1 Å². The second-order valence-electron chi connectivity index (χ2n) is 3.61. The zero-order valence-corrected chi connectivity index (χ0v) is 10.1. The van der Waals surface area contributed by atoms with Gasteiger partial charge in [0.1, 0.15) is 0 Å². The topological polar surface area (TPSA) is 0 Å². The van der Waals surface area contributed by atoms with E-state index in [0.717, 1.165) is 8.58 Å². The van der Waals surface area contributed by atoms with Crippen molar-refractivity contribution in [2.24, 2.45) is 0 Å². The van der Waals surface area contributed by atoms with Gasteiger partial charge in [-0.2, -0.15) is 0 Å². The van der Waals surface area contributed by atoms with E-state index in [9.17, 15) is 0 Å². The summed E-state index contributed by atoms with van der Waals surface area (Å²) in [4.78, 5) is 0. The van der Waals surface area contributed by atoms with Crippen molar-refractivity contribution in [1.82, 2.24) is 0 Å². The Bertz CT molecular complexity index is 460. The molecule has 0 aliphatic heterocycles. The summed E-state index contributed by atoms with van der Waals surface area (Å²) >= 11 is 0. The number of rotatable bonds is 2. The first-order valence-electron chi connectivity index (χ1n) is 5.15. The van der Waals surface area contributed by atoms with Crippen LogP contribution >= 0.6 is 8.58 Å². The summed E-state index contributed by atoms with van der Waals surface area (Å²) in [5.74, 6) is 0.